The Morgan fingerprint density at radius 1 is 1.04 bits per heavy atom. The highest BCUT2D eigenvalue weighted by Crippen LogP contribution is 2.32. The predicted molar refractivity (Wildman–Crippen MR) is 105 cm³/mol. The molecule has 4 nitrogen and oxygen atoms in total. The maximum atomic E-state index is 13.9. The number of amides is 2. The molecule has 2 atom stereocenters. The van der Waals surface area contributed by atoms with E-state index in [0.29, 0.717) is 37.5 Å². The molecule has 2 heterocycles. The highest BCUT2D eigenvalue weighted by Gasteiger charge is 2.41. The molecule has 0 spiro atoms. The van der Waals surface area contributed by atoms with Crippen molar-refractivity contribution in [3.05, 3.63) is 71.5 Å². The van der Waals surface area contributed by atoms with Crippen LogP contribution in [0.5, 0.6) is 0 Å². The molecule has 2 aliphatic rings. The first-order chi connectivity index (χ1) is 13.6. The Kier molecular flexibility index (Phi) is 5.42. The maximum Gasteiger partial charge on any atom is 0.227 e. The van der Waals surface area contributed by atoms with Crippen LogP contribution in [0, 0.1) is 11.7 Å². The van der Waals surface area contributed by atoms with Gasteiger partial charge in [0.2, 0.25) is 11.8 Å². The minimum Gasteiger partial charge on any atom is -0.340 e. The van der Waals surface area contributed by atoms with Crippen molar-refractivity contribution in [2.75, 3.05) is 13.1 Å². The van der Waals surface area contributed by atoms with Crippen molar-refractivity contribution in [3.8, 4) is 0 Å². The summed E-state index contributed by atoms with van der Waals surface area (Å²) < 4.78 is 13.9. The highest BCUT2D eigenvalue weighted by atomic mass is 19.1. The molecule has 2 fully saturated rings. The van der Waals surface area contributed by atoms with Crippen LogP contribution in [-0.2, 0) is 22.6 Å². The van der Waals surface area contributed by atoms with E-state index in [2.05, 4.69) is 0 Å². The fourth-order valence-electron chi connectivity index (χ4n) is 4.44. The van der Waals surface area contributed by atoms with Gasteiger partial charge in [0.05, 0.1) is 12.5 Å². The number of hydrogen-bond donors (Lipinski definition) is 0. The number of rotatable bonds is 4. The third-order valence-electron chi connectivity index (χ3n) is 5.94. The summed E-state index contributed by atoms with van der Waals surface area (Å²) in [6.07, 6.45) is 2.45. The molecule has 0 aliphatic carbocycles. The van der Waals surface area contributed by atoms with Gasteiger partial charge in [0.15, 0.2) is 0 Å². The van der Waals surface area contributed by atoms with Crippen LogP contribution in [0.15, 0.2) is 54.6 Å². The molecule has 2 amide bonds. The molecule has 5 heteroatoms. The lowest BCUT2D eigenvalue weighted by Crippen LogP contribution is -2.43. The summed E-state index contributed by atoms with van der Waals surface area (Å²) >= 11 is 0. The zero-order chi connectivity index (χ0) is 19.5. The van der Waals surface area contributed by atoms with Crippen LogP contribution in [0.4, 0.5) is 4.39 Å². The standard InChI is InChI=1S/C23H25FN2O2/c24-20-11-5-4-9-18(20)13-23(28)25-15-19-10-6-12-22(27)26(21(19)16-25)14-17-7-2-1-3-8-17/h1-5,7-9,11,19,21H,6,10,12-16H2/t19-,21+/m1/s1. The van der Waals surface area contributed by atoms with Gasteiger partial charge in [0.25, 0.3) is 0 Å². The van der Waals surface area contributed by atoms with Crippen molar-refractivity contribution in [2.45, 2.75) is 38.3 Å². The molecule has 0 radical (unpaired) electrons. The van der Waals surface area contributed by atoms with Crippen molar-refractivity contribution in [2.24, 2.45) is 5.92 Å². The summed E-state index contributed by atoms with van der Waals surface area (Å²) in [4.78, 5) is 29.3. The molecule has 2 saturated heterocycles. The van der Waals surface area contributed by atoms with Gasteiger partial charge in [-0.25, -0.2) is 4.39 Å². The molecular weight excluding hydrogens is 355 g/mol. The molecule has 2 aromatic carbocycles. The molecule has 0 aromatic heterocycles. The van der Waals surface area contributed by atoms with Crippen molar-refractivity contribution in [3.63, 3.8) is 0 Å². The van der Waals surface area contributed by atoms with Gasteiger partial charge < -0.3 is 9.80 Å². The highest BCUT2D eigenvalue weighted by molar-refractivity contribution is 5.80. The van der Waals surface area contributed by atoms with Crippen LogP contribution < -0.4 is 0 Å². The second-order valence-corrected chi connectivity index (χ2v) is 7.79. The predicted octanol–water partition coefficient (Wildman–Crippen LogP) is 3.41. The first kappa shape index (κ1) is 18.7. The summed E-state index contributed by atoms with van der Waals surface area (Å²) in [6, 6.07) is 16.5. The number of likely N-dealkylation sites (tertiary alicyclic amines) is 2. The van der Waals surface area contributed by atoms with Gasteiger partial charge in [0, 0.05) is 26.1 Å². The van der Waals surface area contributed by atoms with Crippen LogP contribution in [0.2, 0.25) is 0 Å². The van der Waals surface area contributed by atoms with Gasteiger partial charge in [-0.1, -0.05) is 48.5 Å². The SMILES string of the molecule is O=C(Cc1ccccc1F)N1C[C@H]2CCCC(=O)N(Cc3ccccc3)[C@H]2C1. The molecule has 28 heavy (non-hydrogen) atoms. The molecule has 0 saturated carbocycles. The van der Waals surface area contributed by atoms with E-state index in [1.807, 2.05) is 40.1 Å². The number of nitrogens with zero attached hydrogens (tertiary/aromatic N) is 2. The Hall–Kier alpha value is -2.69. The summed E-state index contributed by atoms with van der Waals surface area (Å²) in [5.74, 6) is 0.0508. The normalized spacial score (nSPS) is 22.1. The smallest absolute Gasteiger partial charge is 0.227 e. The van der Waals surface area contributed by atoms with Crippen molar-refractivity contribution < 1.29 is 14.0 Å². The molecular formula is C23H25FN2O2. The fraction of sp³-hybridized carbons (Fsp3) is 0.391. The van der Waals surface area contributed by atoms with E-state index in [1.165, 1.54) is 6.07 Å². The fourth-order valence-corrected chi connectivity index (χ4v) is 4.44. The van der Waals surface area contributed by atoms with E-state index in [1.54, 1.807) is 18.2 Å². The molecule has 0 unspecified atom stereocenters. The lowest BCUT2D eigenvalue weighted by molar-refractivity contribution is -0.135. The van der Waals surface area contributed by atoms with Crippen molar-refractivity contribution in [1.29, 1.82) is 0 Å². The van der Waals surface area contributed by atoms with Crippen molar-refractivity contribution >= 4 is 11.8 Å². The zero-order valence-electron chi connectivity index (χ0n) is 15.9. The van der Waals surface area contributed by atoms with Gasteiger partial charge in [-0.05, 0) is 36.0 Å². The monoisotopic (exact) mass is 380 g/mol. The molecule has 2 aliphatic heterocycles. The Balaban J connectivity index is 1.49. The van der Waals surface area contributed by atoms with Crippen LogP contribution in [0.1, 0.15) is 30.4 Å². The summed E-state index contributed by atoms with van der Waals surface area (Å²) in [6.45, 7) is 1.77. The van der Waals surface area contributed by atoms with E-state index in [0.717, 1.165) is 18.4 Å². The number of carbonyl (C=O) groups excluding carboxylic acids is 2. The molecule has 0 N–H and O–H groups in total. The third kappa shape index (κ3) is 3.93. The summed E-state index contributed by atoms with van der Waals surface area (Å²) in [5, 5.41) is 0. The summed E-state index contributed by atoms with van der Waals surface area (Å²) in [7, 11) is 0. The lowest BCUT2D eigenvalue weighted by atomic mass is 9.98. The van der Waals surface area contributed by atoms with Gasteiger partial charge in [-0.15, -0.1) is 0 Å². The van der Waals surface area contributed by atoms with E-state index in [9.17, 15) is 14.0 Å². The Bertz CT molecular complexity index is 855. The number of fused-ring (bicyclic) bond motifs is 1. The van der Waals surface area contributed by atoms with E-state index in [4.69, 9.17) is 0 Å². The van der Waals surface area contributed by atoms with Gasteiger partial charge >= 0.3 is 0 Å². The van der Waals surface area contributed by atoms with Gasteiger partial charge in [-0.3, -0.25) is 9.59 Å². The van der Waals surface area contributed by atoms with E-state index >= 15 is 0 Å². The average Bonchev–Trinajstić information content (AvgIpc) is 3.07. The average molecular weight is 380 g/mol. The first-order valence-corrected chi connectivity index (χ1v) is 9.96. The minimum absolute atomic E-state index is 0.0415. The van der Waals surface area contributed by atoms with Gasteiger partial charge in [-0.2, -0.15) is 0 Å². The Morgan fingerprint density at radius 2 is 1.79 bits per heavy atom. The molecule has 2 aromatic rings. The zero-order valence-corrected chi connectivity index (χ0v) is 15.9. The van der Waals surface area contributed by atoms with E-state index < -0.39 is 0 Å². The Labute approximate surface area is 164 Å². The van der Waals surface area contributed by atoms with Crippen LogP contribution in [-0.4, -0.2) is 40.7 Å². The number of carbonyl (C=O) groups is 2. The maximum absolute atomic E-state index is 13.9. The topological polar surface area (TPSA) is 40.6 Å². The van der Waals surface area contributed by atoms with Crippen LogP contribution in [0.25, 0.3) is 0 Å². The second-order valence-electron chi connectivity index (χ2n) is 7.79. The van der Waals surface area contributed by atoms with Crippen LogP contribution in [0.3, 0.4) is 0 Å². The molecule has 146 valence electrons. The first-order valence-electron chi connectivity index (χ1n) is 9.96. The lowest BCUT2D eigenvalue weighted by Gasteiger charge is -2.30. The third-order valence-corrected chi connectivity index (χ3v) is 5.94. The van der Waals surface area contributed by atoms with Crippen molar-refractivity contribution in [1.82, 2.24) is 9.80 Å². The second kappa shape index (κ2) is 8.13. The minimum atomic E-state index is -0.342. The largest absolute Gasteiger partial charge is 0.340 e. The molecule has 4 rings (SSSR count). The Morgan fingerprint density at radius 3 is 2.57 bits per heavy atom. The van der Waals surface area contributed by atoms with Gasteiger partial charge in [0.1, 0.15) is 5.82 Å². The molecule has 0 bridgehead atoms. The number of hydrogen-bond acceptors (Lipinski definition) is 2. The van der Waals surface area contributed by atoms with Crippen LogP contribution >= 0.6 is 0 Å². The summed E-state index contributed by atoms with van der Waals surface area (Å²) in [5.41, 5.74) is 1.53. The van der Waals surface area contributed by atoms with E-state index in [-0.39, 0.29) is 30.1 Å². The number of halogens is 1. The number of benzene rings is 2. The quantitative estimate of drug-likeness (QED) is 0.816.